The quantitative estimate of drug-likeness (QED) is 0.182. The van der Waals surface area contributed by atoms with Crippen molar-refractivity contribution in [2.24, 2.45) is 0 Å². The molecule has 9 aromatic rings. The minimum absolute atomic E-state index is 0.811. The molecule has 246 valence electrons. The molecule has 2 heteroatoms. The molecule has 0 unspecified atom stereocenters. The van der Waals surface area contributed by atoms with E-state index in [9.17, 15) is 0 Å². The van der Waals surface area contributed by atoms with Crippen LogP contribution in [0.4, 0.5) is 5.69 Å². The van der Waals surface area contributed by atoms with E-state index in [4.69, 9.17) is 4.42 Å². The molecule has 10 rings (SSSR count). The Bertz CT molecular complexity index is 2670. The molecule has 0 saturated carbocycles. The van der Waals surface area contributed by atoms with Gasteiger partial charge in [0.25, 0.3) is 0 Å². The fourth-order valence-corrected chi connectivity index (χ4v) is 7.89. The van der Waals surface area contributed by atoms with Gasteiger partial charge in [-0.05, 0) is 127 Å². The Morgan fingerprint density at radius 1 is 0.327 bits per heavy atom. The van der Waals surface area contributed by atoms with Gasteiger partial charge in [0.2, 0.25) is 0 Å². The van der Waals surface area contributed by atoms with Crippen molar-refractivity contribution in [2.45, 2.75) is 13.1 Å². The van der Waals surface area contributed by atoms with Crippen molar-refractivity contribution in [3.05, 3.63) is 199 Å². The van der Waals surface area contributed by atoms with E-state index in [1.165, 1.54) is 66.9 Å². The summed E-state index contributed by atoms with van der Waals surface area (Å²) in [7, 11) is 0. The average molecular weight is 666 g/mol. The zero-order chi connectivity index (χ0) is 34.4. The molecular formula is C50H35NO. The number of anilines is 1. The normalized spacial score (nSPS) is 12.4. The largest absolute Gasteiger partial charge is 0.456 e. The highest BCUT2D eigenvalue weighted by atomic mass is 16.3. The standard InChI is InChI=1S/C50H35NO/c1-4-12-34(13-5-1)40-27-41(35-14-6-2-7-15-35)29-42(28-40)37-20-21-39-32-51(44-16-8-3-9-17-44)33-43-26-36(22-24-45(43)48(39)30-37)38-23-25-47-46-18-10-11-19-49(46)52-50(47)31-38/h1-31H,32-33H2. The SMILES string of the molecule is c1ccc(-c2cc(-c3ccccc3)cc(-c3ccc4c(c3)-c3ccc(-c5ccc6c(c5)oc5ccccc56)cc3CN(c3ccccc3)C4)c2)cc1. The van der Waals surface area contributed by atoms with E-state index in [0.29, 0.717) is 0 Å². The highest BCUT2D eigenvalue weighted by Gasteiger charge is 2.22. The van der Waals surface area contributed by atoms with E-state index in [2.05, 4.69) is 181 Å². The summed E-state index contributed by atoms with van der Waals surface area (Å²) in [5.74, 6) is 0. The first-order chi connectivity index (χ1) is 25.7. The maximum absolute atomic E-state index is 6.29. The topological polar surface area (TPSA) is 16.4 Å². The monoisotopic (exact) mass is 665 g/mol. The van der Waals surface area contributed by atoms with Crippen LogP contribution in [0.25, 0.3) is 77.6 Å². The lowest BCUT2D eigenvalue weighted by molar-refractivity contribution is 0.669. The van der Waals surface area contributed by atoms with E-state index in [-0.39, 0.29) is 0 Å². The molecule has 0 atom stereocenters. The van der Waals surface area contributed by atoms with E-state index in [1.54, 1.807) is 0 Å². The van der Waals surface area contributed by atoms with Crippen molar-refractivity contribution in [2.75, 3.05) is 4.90 Å². The number of rotatable bonds is 5. The molecule has 0 amide bonds. The molecule has 0 spiro atoms. The lowest BCUT2D eigenvalue weighted by atomic mass is 9.89. The average Bonchev–Trinajstić information content (AvgIpc) is 3.51. The van der Waals surface area contributed by atoms with Gasteiger partial charge in [0.15, 0.2) is 0 Å². The number of hydrogen-bond acceptors (Lipinski definition) is 2. The summed E-state index contributed by atoms with van der Waals surface area (Å²) in [5, 5.41) is 2.31. The lowest BCUT2D eigenvalue weighted by Gasteiger charge is -2.24. The number of hydrogen-bond donors (Lipinski definition) is 0. The smallest absolute Gasteiger partial charge is 0.136 e. The maximum Gasteiger partial charge on any atom is 0.136 e. The molecule has 0 bridgehead atoms. The van der Waals surface area contributed by atoms with Gasteiger partial charge in [-0.15, -0.1) is 0 Å². The minimum Gasteiger partial charge on any atom is -0.456 e. The Morgan fingerprint density at radius 2 is 0.865 bits per heavy atom. The second kappa shape index (κ2) is 12.6. The predicted molar refractivity (Wildman–Crippen MR) is 217 cm³/mol. The van der Waals surface area contributed by atoms with Crippen LogP contribution in [0.15, 0.2) is 192 Å². The summed E-state index contributed by atoms with van der Waals surface area (Å²) in [6.07, 6.45) is 0. The third kappa shape index (κ3) is 5.46. The van der Waals surface area contributed by atoms with Gasteiger partial charge in [0.1, 0.15) is 11.2 Å². The first kappa shape index (κ1) is 30.2. The Morgan fingerprint density at radius 3 is 1.60 bits per heavy atom. The summed E-state index contributed by atoms with van der Waals surface area (Å²) >= 11 is 0. The summed E-state index contributed by atoms with van der Waals surface area (Å²) in [6.45, 7) is 1.64. The van der Waals surface area contributed by atoms with Crippen molar-refractivity contribution in [1.82, 2.24) is 0 Å². The third-order valence-electron chi connectivity index (χ3n) is 10.5. The van der Waals surface area contributed by atoms with Crippen molar-refractivity contribution < 1.29 is 4.42 Å². The lowest BCUT2D eigenvalue weighted by Crippen LogP contribution is -2.20. The molecule has 0 aliphatic carbocycles. The highest BCUT2D eigenvalue weighted by Crippen LogP contribution is 2.41. The fraction of sp³-hybridized carbons (Fsp3) is 0.0400. The van der Waals surface area contributed by atoms with Crippen molar-refractivity contribution in [1.29, 1.82) is 0 Å². The molecule has 0 radical (unpaired) electrons. The molecule has 8 aromatic carbocycles. The van der Waals surface area contributed by atoms with Gasteiger partial charge in [-0.3, -0.25) is 0 Å². The summed E-state index contributed by atoms with van der Waals surface area (Å²) in [5.41, 5.74) is 17.9. The summed E-state index contributed by atoms with van der Waals surface area (Å²) < 4.78 is 6.29. The van der Waals surface area contributed by atoms with Gasteiger partial charge in [0, 0.05) is 29.5 Å². The first-order valence-electron chi connectivity index (χ1n) is 18.0. The number of para-hydroxylation sites is 2. The van der Waals surface area contributed by atoms with Crippen LogP contribution in [0.5, 0.6) is 0 Å². The molecule has 0 fully saturated rings. The number of furan rings is 1. The highest BCUT2D eigenvalue weighted by molar-refractivity contribution is 6.06. The van der Waals surface area contributed by atoms with Crippen molar-refractivity contribution in [3.63, 3.8) is 0 Å². The molecule has 1 aliphatic rings. The molecule has 52 heavy (non-hydrogen) atoms. The zero-order valence-corrected chi connectivity index (χ0v) is 28.7. The Balaban J connectivity index is 1.12. The minimum atomic E-state index is 0.811. The van der Waals surface area contributed by atoms with Crippen LogP contribution in [-0.4, -0.2) is 0 Å². The molecule has 0 saturated heterocycles. The van der Waals surface area contributed by atoms with Gasteiger partial charge in [0.05, 0.1) is 0 Å². The van der Waals surface area contributed by atoms with Crippen LogP contribution in [0.2, 0.25) is 0 Å². The van der Waals surface area contributed by atoms with Crippen LogP contribution >= 0.6 is 0 Å². The van der Waals surface area contributed by atoms with Crippen LogP contribution in [0.1, 0.15) is 11.1 Å². The van der Waals surface area contributed by atoms with Crippen molar-refractivity contribution >= 4 is 27.6 Å². The van der Waals surface area contributed by atoms with Crippen molar-refractivity contribution in [3.8, 4) is 55.6 Å². The van der Waals surface area contributed by atoms with E-state index in [1.807, 2.05) is 12.1 Å². The molecule has 2 heterocycles. The molecule has 0 N–H and O–H groups in total. The fourth-order valence-electron chi connectivity index (χ4n) is 7.89. The van der Waals surface area contributed by atoms with Crippen LogP contribution in [-0.2, 0) is 13.1 Å². The second-order valence-corrected chi connectivity index (χ2v) is 13.8. The Hall–Kier alpha value is -6.64. The van der Waals surface area contributed by atoms with E-state index < -0.39 is 0 Å². The molecule has 2 nitrogen and oxygen atoms in total. The number of fused-ring (bicyclic) bond motifs is 6. The molecular weight excluding hydrogens is 631 g/mol. The first-order valence-corrected chi connectivity index (χ1v) is 18.0. The van der Waals surface area contributed by atoms with Gasteiger partial charge in [-0.25, -0.2) is 0 Å². The van der Waals surface area contributed by atoms with E-state index >= 15 is 0 Å². The van der Waals surface area contributed by atoms with Crippen LogP contribution < -0.4 is 4.90 Å². The second-order valence-electron chi connectivity index (χ2n) is 13.8. The predicted octanol–water partition coefficient (Wildman–Crippen LogP) is 13.4. The van der Waals surface area contributed by atoms with Gasteiger partial charge in [-0.1, -0.05) is 127 Å². The Labute approximate surface area is 303 Å². The summed E-state index contributed by atoms with van der Waals surface area (Å²) in [4.78, 5) is 2.50. The zero-order valence-electron chi connectivity index (χ0n) is 28.7. The number of nitrogens with zero attached hydrogens (tertiary/aromatic N) is 1. The van der Waals surface area contributed by atoms with Gasteiger partial charge in [-0.2, -0.15) is 0 Å². The molecule has 1 aliphatic heterocycles. The third-order valence-corrected chi connectivity index (χ3v) is 10.5. The van der Waals surface area contributed by atoms with Gasteiger partial charge >= 0.3 is 0 Å². The van der Waals surface area contributed by atoms with E-state index in [0.717, 1.165) is 40.6 Å². The van der Waals surface area contributed by atoms with Gasteiger partial charge < -0.3 is 9.32 Å². The molecule has 1 aromatic heterocycles. The van der Waals surface area contributed by atoms with Crippen LogP contribution in [0, 0.1) is 0 Å². The Kier molecular flexibility index (Phi) is 7.32. The van der Waals surface area contributed by atoms with Crippen LogP contribution in [0.3, 0.4) is 0 Å². The maximum atomic E-state index is 6.29. The summed E-state index contributed by atoms with van der Waals surface area (Å²) in [6, 6.07) is 68.2. The number of benzene rings is 8.